The first-order valence-corrected chi connectivity index (χ1v) is 5.39. The SMILES string of the molecule is Cc1ccc(C(N)=NO)c(-n2nc(C)nc2C)n1. The quantitative estimate of drug-likeness (QED) is 0.351. The number of nitrogens with two attached hydrogens (primary N) is 1. The zero-order valence-corrected chi connectivity index (χ0v) is 10.4. The van der Waals surface area contributed by atoms with Crippen molar-refractivity contribution in [3.05, 3.63) is 35.0 Å². The molecule has 0 radical (unpaired) electrons. The molecule has 2 heterocycles. The maximum atomic E-state index is 8.79. The third-order valence-corrected chi connectivity index (χ3v) is 2.47. The molecule has 3 N–H and O–H groups in total. The lowest BCUT2D eigenvalue weighted by Crippen LogP contribution is -2.18. The highest BCUT2D eigenvalue weighted by Crippen LogP contribution is 2.14. The zero-order valence-electron chi connectivity index (χ0n) is 10.4. The number of hydrogen-bond acceptors (Lipinski definition) is 5. The first-order chi connectivity index (χ1) is 8.52. The van der Waals surface area contributed by atoms with Crippen molar-refractivity contribution >= 4 is 5.84 Å². The normalized spacial score (nSPS) is 11.8. The molecule has 2 rings (SSSR count). The second kappa shape index (κ2) is 4.44. The van der Waals surface area contributed by atoms with Crippen LogP contribution in [0.1, 0.15) is 22.9 Å². The summed E-state index contributed by atoms with van der Waals surface area (Å²) in [5.74, 6) is 1.83. The van der Waals surface area contributed by atoms with E-state index in [-0.39, 0.29) is 5.84 Å². The molecular weight excluding hydrogens is 232 g/mol. The third-order valence-electron chi connectivity index (χ3n) is 2.47. The molecule has 94 valence electrons. The number of aryl methyl sites for hydroxylation is 3. The van der Waals surface area contributed by atoms with Crippen LogP contribution in [0.4, 0.5) is 0 Å². The van der Waals surface area contributed by atoms with Crippen molar-refractivity contribution in [3.63, 3.8) is 0 Å². The molecule has 0 aliphatic rings. The van der Waals surface area contributed by atoms with Crippen LogP contribution in [0.5, 0.6) is 0 Å². The average molecular weight is 246 g/mol. The topological polar surface area (TPSA) is 102 Å². The summed E-state index contributed by atoms with van der Waals surface area (Å²) in [4.78, 5) is 8.59. The van der Waals surface area contributed by atoms with Gasteiger partial charge in [0.15, 0.2) is 11.7 Å². The largest absolute Gasteiger partial charge is 0.409 e. The predicted molar refractivity (Wildman–Crippen MR) is 65.9 cm³/mol. The number of nitrogens with zero attached hydrogens (tertiary/aromatic N) is 5. The van der Waals surface area contributed by atoms with Crippen LogP contribution >= 0.6 is 0 Å². The molecule has 7 heteroatoms. The predicted octanol–water partition coefficient (Wildman–Crippen LogP) is 0.682. The van der Waals surface area contributed by atoms with Crippen LogP contribution in [0.25, 0.3) is 5.82 Å². The smallest absolute Gasteiger partial charge is 0.173 e. The third kappa shape index (κ3) is 2.02. The molecule has 0 atom stereocenters. The van der Waals surface area contributed by atoms with Crippen LogP contribution in [0.3, 0.4) is 0 Å². The van der Waals surface area contributed by atoms with Crippen LogP contribution in [0.2, 0.25) is 0 Å². The number of amidine groups is 1. The van der Waals surface area contributed by atoms with E-state index in [9.17, 15) is 0 Å². The lowest BCUT2D eigenvalue weighted by Gasteiger charge is -2.09. The lowest BCUT2D eigenvalue weighted by molar-refractivity contribution is 0.318. The Kier molecular flexibility index (Phi) is 2.97. The van der Waals surface area contributed by atoms with E-state index in [2.05, 4.69) is 20.2 Å². The van der Waals surface area contributed by atoms with Crippen molar-refractivity contribution in [2.75, 3.05) is 0 Å². The van der Waals surface area contributed by atoms with Gasteiger partial charge in [-0.2, -0.15) is 4.68 Å². The molecular formula is C11H14N6O. The standard InChI is InChI=1S/C11H14N6O/c1-6-4-5-9(10(12)16-18)11(13-6)17-8(3)14-7(2)15-17/h4-5,18H,1-3H3,(H2,12,16). The first kappa shape index (κ1) is 12.0. The van der Waals surface area contributed by atoms with Gasteiger partial charge < -0.3 is 10.9 Å². The molecule has 2 aromatic rings. The fourth-order valence-electron chi connectivity index (χ4n) is 1.68. The minimum Gasteiger partial charge on any atom is -0.409 e. The van der Waals surface area contributed by atoms with E-state index in [1.807, 2.05) is 13.8 Å². The van der Waals surface area contributed by atoms with Gasteiger partial charge in [-0.1, -0.05) is 5.16 Å². The highest BCUT2D eigenvalue weighted by molar-refractivity contribution is 5.99. The Bertz CT molecular complexity index is 616. The monoisotopic (exact) mass is 246 g/mol. The Labute approximate surface area is 104 Å². The average Bonchev–Trinajstić information content (AvgIpc) is 2.67. The highest BCUT2D eigenvalue weighted by Gasteiger charge is 2.14. The minimum absolute atomic E-state index is 0.00921. The van der Waals surface area contributed by atoms with E-state index < -0.39 is 0 Å². The molecule has 0 saturated heterocycles. The van der Waals surface area contributed by atoms with E-state index in [0.29, 0.717) is 23.0 Å². The fourth-order valence-corrected chi connectivity index (χ4v) is 1.68. The van der Waals surface area contributed by atoms with Crippen molar-refractivity contribution in [1.29, 1.82) is 0 Å². The molecule has 18 heavy (non-hydrogen) atoms. The maximum Gasteiger partial charge on any atom is 0.173 e. The van der Waals surface area contributed by atoms with Crippen LogP contribution in [-0.4, -0.2) is 30.8 Å². The van der Waals surface area contributed by atoms with Gasteiger partial charge in [0.05, 0.1) is 5.56 Å². The summed E-state index contributed by atoms with van der Waals surface area (Å²) in [6.07, 6.45) is 0. The number of hydrogen-bond donors (Lipinski definition) is 2. The van der Waals surface area contributed by atoms with Crippen LogP contribution < -0.4 is 5.73 Å². The van der Waals surface area contributed by atoms with Gasteiger partial charge in [-0.3, -0.25) is 0 Å². The van der Waals surface area contributed by atoms with Crippen molar-refractivity contribution in [3.8, 4) is 5.82 Å². The van der Waals surface area contributed by atoms with E-state index in [0.717, 1.165) is 5.69 Å². The summed E-state index contributed by atoms with van der Waals surface area (Å²) in [6.45, 7) is 5.47. The van der Waals surface area contributed by atoms with E-state index in [1.54, 1.807) is 23.7 Å². The van der Waals surface area contributed by atoms with Gasteiger partial charge in [0.2, 0.25) is 0 Å². The van der Waals surface area contributed by atoms with E-state index in [4.69, 9.17) is 10.9 Å². The second-order valence-corrected chi connectivity index (χ2v) is 3.93. The van der Waals surface area contributed by atoms with Crippen molar-refractivity contribution in [2.24, 2.45) is 10.9 Å². The fraction of sp³-hybridized carbons (Fsp3) is 0.273. The molecule has 0 amide bonds. The molecule has 0 fully saturated rings. The molecule has 0 aliphatic carbocycles. The summed E-state index contributed by atoms with van der Waals surface area (Å²) >= 11 is 0. The number of oxime groups is 1. The van der Waals surface area contributed by atoms with Gasteiger partial charge in [-0.05, 0) is 32.9 Å². The molecule has 0 aromatic carbocycles. The summed E-state index contributed by atoms with van der Waals surface area (Å²) in [5, 5.41) is 16.0. The number of aromatic nitrogens is 4. The number of rotatable bonds is 2. The van der Waals surface area contributed by atoms with Gasteiger partial charge in [-0.25, -0.2) is 9.97 Å². The Balaban J connectivity index is 2.69. The molecule has 0 aliphatic heterocycles. The van der Waals surface area contributed by atoms with Gasteiger partial charge in [-0.15, -0.1) is 5.10 Å². The molecule has 0 spiro atoms. The molecule has 0 unspecified atom stereocenters. The molecule has 2 aromatic heterocycles. The van der Waals surface area contributed by atoms with Gasteiger partial charge >= 0.3 is 0 Å². The Morgan fingerprint density at radius 3 is 2.56 bits per heavy atom. The molecule has 0 bridgehead atoms. The zero-order chi connectivity index (χ0) is 13.3. The van der Waals surface area contributed by atoms with Crippen molar-refractivity contribution in [2.45, 2.75) is 20.8 Å². The van der Waals surface area contributed by atoms with Gasteiger partial charge in [0.25, 0.3) is 0 Å². The molecule has 0 saturated carbocycles. The lowest BCUT2D eigenvalue weighted by atomic mass is 10.2. The summed E-state index contributed by atoms with van der Waals surface area (Å²) in [6, 6.07) is 3.53. The van der Waals surface area contributed by atoms with Gasteiger partial charge in [0, 0.05) is 5.69 Å². The van der Waals surface area contributed by atoms with E-state index in [1.165, 1.54) is 0 Å². The highest BCUT2D eigenvalue weighted by atomic mass is 16.4. The summed E-state index contributed by atoms with van der Waals surface area (Å²) in [5.41, 5.74) is 6.96. The van der Waals surface area contributed by atoms with Crippen LogP contribution in [-0.2, 0) is 0 Å². The van der Waals surface area contributed by atoms with Crippen LogP contribution in [0.15, 0.2) is 17.3 Å². The summed E-state index contributed by atoms with van der Waals surface area (Å²) < 4.78 is 1.58. The number of pyridine rings is 1. The van der Waals surface area contributed by atoms with E-state index >= 15 is 0 Å². The second-order valence-electron chi connectivity index (χ2n) is 3.93. The van der Waals surface area contributed by atoms with Crippen molar-refractivity contribution < 1.29 is 5.21 Å². The first-order valence-electron chi connectivity index (χ1n) is 5.39. The molecule has 7 nitrogen and oxygen atoms in total. The Morgan fingerprint density at radius 1 is 1.28 bits per heavy atom. The van der Waals surface area contributed by atoms with Crippen molar-refractivity contribution in [1.82, 2.24) is 19.7 Å². The Morgan fingerprint density at radius 2 is 2.00 bits per heavy atom. The van der Waals surface area contributed by atoms with Crippen LogP contribution in [0, 0.1) is 20.8 Å². The summed E-state index contributed by atoms with van der Waals surface area (Å²) in [7, 11) is 0. The minimum atomic E-state index is -0.00921. The van der Waals surface area contributed by atoms with Gasteiger partial charge in [0.1, 0.15) is 11.6 Å². The maximum absolute atomic E-state index is 8.79. The Hall–Kier alpha value is -2.44.